The number of benzene rings is 1. The Labute approximate surface area is 146 Å². The van der Waals surface area contributed by atoms with Crippen LogP contribution in [-0.2, 0) is 11.3 Å². The highest BCUT2D eigenvalue weighted by atomic mass is 16.3. The zero-order chi connectivity index (χ0) is 17.2. The van der Waals surface area contributed by atoms with Gasteiger partial charge in [0, 0.05) is 30.7 Å². The number of hydrogen-bond acceptors (Lipinski definition) is 4. The minimum Gasteiger partial charge on any atom is -0.462 e. The van der Waals surface area contributed by atoms with Gasteiger partial charge < -0.3 is 14.6 Å². The van der Waals surface area contributed by atoms with Gasteiger partial charge in [-0.15, -0.1) is 0 Å². The second-order valence-corrected chi connectivity index (χ2v) is 6.41. The fourth-order valence-electron chi connectivity index (χ4n) is 3.56. The molecule has 1 N–H and O–H groups in total. The Bertz CT molecular complexity index is 897. The second-order valence-electron chi connectivity index (χ2n) is 6.41. The van der Waals surface area contributed by atoms with Crippen molar-refractivity contribution in [2.75, 3.05) is 11.4 Å². The third-order valence-corrected chi connectivity index (χ3v) is 4.71. The van der Waals surface area contributed by atoms with Crippen molar-refractivity contribution >= 4 is 22.5 Å². The Morgan fingerprint density at radius 3 is 3.04 bits per heavy atom. The summed E-state index contributed by atoms with van der Waals surface area (Å²) in [5.41, 5.74) is 2.21. The number of fused-ring (bicyclic) bond motifs is 1. The maximum atomic E-state index is 11.1. The lowest BCUT2D eigenvalue weighted by atomic mass is 10.1. The summed E-state index contributed by atoms with van der Waals surface area (Å²) in [6.07, 6.45) is 4.06. The van der Waals surface area contributed by atoms with Crippen LogP contribution in [0.4, 0.5) is 5.69 Å². The third kappa shape index (κ3) is 3.09. The van der Waals surface area contributed by atoms with Crippen LogP contribution in [0.3, 0.4) is 0 Å². The lowest BCUT2D eigenvalue weighted by Crippen LogP contribution is -2.22. The number of hydrogen-bond donors (Lipinski definition) is 1. The molecule has 1 unspecified atom stereocenters. The predicted molar refractivity (Wildman–Crippen MR) is 97.3 cm³/mol. The number of amides is 1. The smallest absolute Gasteiger partial charge is 0.217 e. The van der Waals surface area contributed by atoms with E-state index in [2.05, 4.69) is 33.4 Å². The van der Waals surface area contributed by atoms with E-state index in [1.807, 2.05) is 30.5 Å². The Morgan fingerprint density at radius 2 is 2.16 bits per heavy atom. The summed E-state index contributed by atoms with van der Waals surface area (Å²) >= 11 is 0. The van der Waals surface area contributed by atoms with Crippen LogP contribution in [0.2, 0.25) is 0 Å². The number of rotatable bonds is 4. The fourth-order valence-corrected chi connectivity index (χ4v) is 3.56. The Hall–Kier alpha value is -2.82. The molecular formula is C20H21N3O2. The number of nitrogens with one attached hydrogen (secondary N) is 1. The van der Waals surface area contributed by atoms with Crippen molar-refractivity contribution in [3.63, 3.8) is 0 Å². The monoisotopic (exact) mass is 335 g/mol. The molecule has 4 rings (SSSR count). The standard InChI is InChI=1S/C20H21N3O2/c1-14(24)22-13-15-8-9-20(25-15)19-7-4-12-23(19)18-10-11-21-17-6-3-2-5-16(17)18/h2-3,5-6,8-11,19H,4,7,12-13H2,1H3,(H,22,24). The molecule has 5 heteroatoms. The van der Waals surface area contributed by atoms with E-state index < -0.39 is 0 Å². The number of carbonyl (C=O) groups is 1. The maximum Gasteiger partial charge on any atom is 0.217 e. The third-order valence-electron chi connectivity index (χ3n) is 4.71. The van der Waals surface area contributed by atoms with Gasteiger partial charge in [0.1, 0.15) is 11.5 Å². The van der Waals surface area contributed by atoms with Crippen LogP contribution < -0.4 is 10.2 Å². The van der Waals surface area contributed by atoms with Crippen LogP contribution in [0.5, 0.6) is 0 Å². The molecule has 0 radical (unpaired) electrons. The van der Waals surface area contributed by atoms with E-state index >= 15 is 0 Å². The molecule has 3 aromatic rings. The van der Waals surface area contributed by atoms with Gasteiger partial charge in [-0.25, -0.2) is 0 Å². The molecule has 25 heavy (non-hydrogen) atoms. The van der Waals surface area contributed by atoms with Crippen LogP contribution in [0.15, 0.2) is 53.1 Å². The van der Waals surface area contributed by atoms with Crippen molar-refractivity contribution in [1.82, 2.24) is 10.3 Å². The van der Waals surface area contributed by atoms with Crippen molar-refractivity contribution in [3.8, 4) is 0 Å². The number of anilines is 1. The summed E-state index contributed by atoms with van der Waals surface area (Å²) in [6, 6.07) is 14.5. The molecule has 1 aromatic carbocycles. The highest BCUT2D eigenvalue weighted by Gasteiger charge is 2.29. The van der Waals surface area contributed by atoms with Gasteiger partial charge in [-0.2, -0.15) is 0 Å². The van der Waals surface area contributed by atoms with E-state index in [0.717, 1.165) is 36.4 Å². The first kappa shape index (κ1) is 15.7. The molecule has 1 aliphatic rings. The van der Waals surface area contributed by atoms with Crippen molar-refractivity contribution in [2.24, 2.45) is 0 Å². The number of para-hydroxylation sites is 1. The van der Waals surface area contributed by atoms with Gasteiger partial charge in [-0.3, -0.25) is 9.78 Å². The molecule has 1 fully saturated rings. The molecule has 3 heterocycles. The molecule has 0 saturated carbocycles. The number of aromatic nitrogens is 1. The number of furan rings is 1. The summed E-state index contributed by atoms with van der Waals surface area (Å²) in [5, 5.41) is 3.95. The molecule has 1 saturated heterocycles. The summed E-state index contributed by atoms with van der Waals surface area (Å²) < 4.78 is 6.01. The average Bonchev–Trinajstić information content (AvgIpc) is 3.28. The first-order valence-corrected chi connectivity index (χ1v) is 8.66. The molecule has 128 valence electrons. The molecule has 1 atom stereocenters. The molecule has 1 aliphatic heterocycles. The lowest BCUT2D eigenvalue weighted by molar-refractivity contribution is -0.119. The summed E-state index contributed by atoms with van der Waals surface area (Å²) in [7, 11) is 0. The average molecular weight is 335 g/mol. The van der Waals surface area contributed by atoms with E-state index in [4.69, 9.17) is 4.42 Å². The van der Waals surface area contributed by atoms with Gasteiger partial charge in [0.05, 0.1) is 18.1 Å². The Balaban J connectivity index is 1.63. The van der Waals surface area contributed by atoms with Crippen molar-refractivity contribution in [3.05, 3.63) is 60.2 Å². The molecular weight excluding hydrogens is 314 g/mol. The van der Waals surface area contributed by atoms with Crippen LogP contribution >= 0.6 is 0 Å². The van der Waals surface area contributed by atoms with Crippen molar-refractivity contribution in [2.45, 2.75) is 32.4 Å². The van der Waals surface area contributed by atoms with Gasteiger partial charge in [0.25, 0.3) is 0 Å². The van der Waals surface area contributed by atoms with Crippen molar-refractivity contribution < 1.29 is 9.21 Å². The van der Waals surface area contributed by atoms with Crippen LogP contribution in [0.25, 0.3) is 10.9 Å². The first-order valence-electron chi connectivity index (χ1n) is 8.66. The van der Waals surface area contributed by atoms with Gasteiger partial charge in [0.15, 0.2) is 0 Å². The first-order chi connectivity index (χ1) is 12.2. The van der Waals surface area contributed by atoms with E-state index in [1.165, 1.54) is 18.0 Å². The molecule has 5 nitrogen and oxygen atoms in total. The quantitative estimate of drug-likeness (QED) is 0.788. The summed E-state index contributed by atoms with van der Waals surface area (Å²) in [6.45, 7) is 2.94. The molecule has 0 spiro atoms. The maximum absolute atomic E-state index is 11.1. The predicted octanol–water partition coefficient (Wildman–Crippen LogP) is 3.81. The minimum atomic E-state index is -0.0521. The molecule has 0 bridgehead atoms. The van der Waals surface area contributed by atoms with Crippen LogP contribution in [-0.4, -0.2) is 17.4 Å². The molecule has 0 aliphatic carbocycles. The SMILES string of the molecule is CC(=O)NCc1ccc(C2CCCN2c2ccnc3ccccc23)o1. The molecule has 2 aromatic heterocycles. The Morgan fingerprint density at radius 1 is 1.28 bits per heavy atom. The second kappa shape index (κ2) is 6.59. The van der Waals surface area contributed by atoms with Gasteiger partial charge in [0.2, 0.25) is 5.91 Å². The molecule has 1 amide bonds. The zero-order valence-electron chi connectivity index (χ0n) is 14.2. The largest absolute Gasteiger partial charge is 0.462 e. The summed E-state index contributed by atoms with van der Waals surface area (Å²) in [5.74, 6) is 1.69. The van der Waals surface area contributed by atoms with Gasteiger partial charge >= 0.3 is 0 Å². The lowest BCUT2D eigenvalue weighted by Gasteiger charge is -2.26. The zero-order valence-corrected chi connectivity index (χ0v) is 14.2. The fraction of sp³-hybridized carbons (Fsp3) is 0.300. The Kier molecular flexibility index (Phi) is 4.14. The van der Waals surface area contributed by atoms with Gasteiger partial charge in [-0.1, -0.05) is 18.2 Å². The number of carbonyl (C=O) groups excluding carboxylic acids is 1. The summed E-state index contributed by atoms with van der Waals surface area (Å²) in [4.78, 5) is 17.9. The number of nitrogens with zero attached hydrogens (tertiary/aromatic N) is 2. The number of pyridine rings is 1. The minimum absolute atomic E-state index is 0.0521. The van der Waals surface area contributed by atoms with Crippen molar-refractivity contribution in [1.29, 1.82) is 0 Å². The highest BCUT2D eigenvalue weighted by Crippen LogP contribution is 2.39. The topological polar surface area (TPSA) is 58.4 Å². The van der Waals surface area contributed by atoms with E-state index in [0.29, 0.717) is 6.54 Å². The van der Waals surface area contributed by atoms with E-state index in [9.17, 15) is 4.79 Å². The van der Waals surface area contributed by atoms with Crippen LogP contribution in [0, 0.1) is 0 Å². The van der Waals surface area contributed by atoms with E-state index in [-0.39, 0.29) is 11.9 Å². The van der Waals surface area contributed by atoms with Crippen LogP contribution in [0.1, 0.15) is 37.3 Å². The van der Waals surface area contributed by atoms with Gasteiger partial charge in [-0.05, 0) is 37.1 Å². The normalized spacial score (nSPS) is 17.2. The van der Waals surface area contributed by atoms with E-state index in [1.54, 1.807) is 0 Å². The highest BCUT2D eigenvalue weighted by molar-refractivity contribution is 5.91.